The molecule has 2 rings (SSSR count). The lowest BCUT2D eigenvalue weighted by Crippen LogP contribution is -2.46. The van der Waals surface area contributed by atoms with E-state index in [0.717, 1.165) is 5.56 Å². The van der Waals surface area contributed by atoms with Crippen molar-refractivity contribution in [3.63, 3.8) is 0 Å². The summed E-state index contributed by atoms with van der Waals surface area (Å²) in [6, 6.07) is 3.52. The molecule has 0 unspecified atom stereocenters. The van der Waals surface area contributed by atoms with Crippen molar-refractivity contribution in [2.45, 2.75) is 38.8 Å². The molecule has 132 valence electrons. The van der Waals surface area contributed by atoms with E-state index in [9.17, 15) is 14.0 Å². The lowest BCUT2D eigenvalue weighted by molar-refractivity contribution is -0.128. The molecule has 0 saturated heterocycles. The second-order valence-electron chi connectivity index (χ2n) is 6.54. The monoisotopic (exact) mass is 337 g/mol. The van der Waals surface area contributed by atoms with E-state index in [-0.39, 0.29) is 24.3 Å². The number of halogens is 1. The van der Waals surface area contributed by atoms with Crippen molar-refractivity contribution in [2.24, 2.45) is 0 Å². The predicted octanol–water partition coefficient (Wildman–Crippen LogP) is 2.21. The van der Waals surface area contributed by atoms with Gasteiger partial charge in [-0.25, -0.2) is 9.18 Å². The van der Waals surface area contributed by atoms with Crippen LogP contribution in [0.2, 0.25) is 0 Å². The van der Waals surface area contributed by atoms with Gasteiger partial charge < -0.3 is 20.3 Å². The first-order chi connectivity index (χ1) is 11.2. The van der Waals surface area contributed by atoms with Crippen LogP contribution in [0.1, 0.15) is 38.8 Å². The Kier molecular flexibility index (Phi) is 5.31. The van der Waals surface area contributed by atoms with E-state index in [0.29, 0.717) is 18.7 Å². The Labute approximate surface area is 141 Å². The second-order valence-corrected chi connectivity index (χ2v) is 6.54. The third kappa shape index (κ3) is 4.37. The molecule has 1 aliphatic heterocycles. The maximum atomic E-state index is 13.4. The zero-order chi connectivity index (χ0) is 17.9. The maximum absolute atomic E-state index is 13.4. The van der Waals surface area contributed by atoms with Crippen LogP contribution < -0.4 is 15.4 Å². The molecule has 2 N–H and O–H groups in total. The van der Waals surface area contributed by atoms with Crippen molar-refractivity contribution >= 4 is 11.9 Å². The van der Waals surface area contributed by atoms with E-state index in [1.807, 2.05) is 20.8 Å². The molecule has 0 bridgehead atoms. The van der Waals surface area contributed by atoms with Gasteiger partial charge in [0.15, 0.2) is 0 Å². The molecule has 0 aromatic heterocycles. The Bertz CT molecular complexity index is 634. The molecule has 1 heterocycles. The van der Waals surface area contributed by atoms with Gasteiger partial charge >= 0.3 is 6.03 Å². The smallest absolute Gasteiger partial charge is 0.315 e. The molecule has 3 amide bonds. The number of nitrogens with one attached hydrogen (secondary N) is 2. The minimum atomic E-state index is -0.531. The summed E-state index contributed by atoms with van der Waals surface area (Å²) in [5.41, 5.74) is 0.194. The standard InChI is InChI=1S/C17H24FN3O3/c1-5-21(4)15(22)10-19-16(23)20-13-9-17(2,3)24-14-8-11(18)6-7-12(13)14/h6-8,13H,5,9-10H2,1-4H3,(H2,19,20,23)/t13-/m1/s1. The van der Waals surface area contributed by atoms with Crippen molar-refractivity contribution in [3.8, 4) is 5.75 Å². The molecular formula is C17H24FN3O3. The van der Waals surface area contributed by atoms with Gasteiger partial charge in [0.25, 0.3) is 0 Å². The van der Waals surface area contributed by atoms with Crippen LogP contribution in [0.4, 0.5) is 9.18 Å². The van der Waals surface area contributed by atoms with Gasteiger partial charge in [-0.2, -0.15) is 0 Å². The molecule has 7 heteroatoms. The number of carbonyl (C=O) groups excluding carboxylic acids is 2. The summed E-state index contributed by atoms with van der Waals surface area (Å²) in [7, 11) is 1.67. The van der Waals surface area contributed by atoms with Gasteiger partial charge in [0.05, 0.1) is 12.6 Å². The van der Waals surface area contributed by atoms with Crippen molar-refractivity contribution in [1.82, 2.24) is 15.5 Å². The summed E-state index contributed by atoms with van der Waals surface area (Å²) < 4.78 is 19.2. The van der Waals surface area contributed by atoms with Gasteiger partial charge in [-0.1, -0.05) is 6.07 Å². The number of rotatable bonds is 4. The highest BCUT2D eigenvalue weighted by atomic mass is 19.1. The fourth-order valence-electron chi connectivity index (χ4n) is 2.63. The fourth-order valence-corrected chi connectivity index (χ4v) is 2.63. The average Bonchev–Trinajstić information content (AvgIpc) is 2.50. The molecule has 0 radical (unpaired) electrons. The largest absolute Gasteiger partial charge is 0.487 e. The fraction of sp³-hybridized carbons (Fsp3) is 0.529. The van der Waals surface area contributed by atoms with Gasteiger partial charge in [0.1, 0.15) is 17.2 Å². The molecule has 1 aromatic rings. The van der Waals surface area contributed by atoms with E-state index in [1.54, 1.807) is 13.1 Å². The van der Waals surface area contributed by atoms with E-state index in [4.69, 9.17) is 4.74 Å². The van der Waals surface area contributed by atoms with Gasteiger partial charge in [0.2, 0.25) is 5.91 Å². The van der Waals surface area contributed by atoms with Gasteiger partial charge in [0, 0.05) is 31.6 Å². The molecule has 1 aliphatic rings. The normalized spacial score (nSPS) is 18.1. The van der Waals surface area contributed by atoms with Crippen molar-refractivity contribution in [1.29, 1.82) is 0 Å². The zero-order valence-corrected chi connectivity index (χ0v) is 14.5. The van der Waals surface area contributed by atoms with Crippen LogP contribution in [0.5, 0.6) is 5.75 Å². The summed E-state index contributed by atoms with van der Waals surface area (Å²) in [5.74, 6) is -0.122. The number of benzene rings is 1. The molecule has 0 aliphatic carbocycles. The zero-order valence-electron chi connectivity index (χ0n) is 14.5. The summed E-state index contributed by atoms with van der Waals surface area (Å²) in [6.45, 7) is 6.13. The van der Waals surface area contributed by atoms with Gasteiger partial charge in [-0.05, 0) is 26.8 Å². The minimum Gasteiger partial charge on any atom is -0.487 e. The van der Waals surface area contributed by atoms with Gasteiger partial charge in [-0.3, -0.25) is 4.79 Å². The quantitative estimate of drug-likeness (QED) is 0.885. The first-order valence-corrected chi connectivity index (χ1v) is 7.98. The number of carbonyl (C=O) groups is 2. The van der Waals surface area contributed by atoms with Crippen LogP contribution in [-0.4, -0.2) is 42.6 Å². The first-order valence-electron chi connectivity index (χ1n) is 7.98. The Morgan fingerprint density at radius 2 is 2.12 bits per heavy atom. The Morgan fingerprint density at radius 1 is 1.42 bits per heavy atom. The van der Waals surface area contributed by atoms with E-state index in [1.165, 1.54) is 17.0 Å². The second kappa shape index (κ2) is 7.07. The van der Waals surface area contributed by atoms with Crippen molar-refractivity contribution in [3.05, 3.63) is 29.6 Å². The Balaban J connectivity index is 2.04. The number of hydrogen-bond donors (Lipinski definition) is 2. The van der Waals surface area contributed by atoms with Crippen LogP contribution in [0, 0.1) is 5.82 Å². The van der Waals surface area contributed by atoms with Crippen LogP contribution >= 0.6 is 0 Å². The molecule has 24 heavy (non-hydrogen) atoms. The summed E-state index contributed by atoms with van der Waals surface area (Å²) >= 11 is 0. The number of ether oxygens (including phenoxy) is 1. The third-order valence-corrected chi connectivity index (χ3v) is 4.04. The van der Waals surface area contributed by atoms with Crippen molar-refractivity contribution in [2.75, 3.05) is 20.1 Å². The molecule has 0 spiro atoms. The number of nitrogens with zero attached hydrogens (tertiary/aromatic N) is 1. The highest BCUT2D eigenvalue weighted by molar-refractivity contribution is 5.84. The molecule has 1 aromatic carbocycles. The number of likely N-dealkylation sites (N-methyl/N-ethyl adjacent to an activating group) is 1. The molecule has 6 nitrogen and oxygen atoms in total. The Hall–Kier alpha value is -2.31. The predicted molar refractivity (Wildman–Crippen MR) is 88.3 cm³/mol. The highest BCUT2D eigenvalue weighted by Crippen LogP contribution is 2.39. The third-order valence-electron chi connectivity index (χ3n) is 4.04. The van der Waals surface area contributed by atoms with E-state index in [2.05, 4.69) is 10.6 Å². The van der Waals surface area contributed by atoms with Gasteiger partial charge in [-0.15, -0.1) is 0 Å². The summed E-state index contributed by atoms with van der Waals surface area (Å²) in [4.78, 5) is 25.4. The highest BCUT2D eigenvalue weighted by Gasteiger charge is 2.34. The van der Waals surface area contributed by atoms with E-state index >= 15 is 0 Å². The molecular weight excluding hydrogens is 313 g/mol. The topological polar surface area (TPSA) is 70.7 Å². The van der Waals surface area contributed by atoms with Crippen LogP contribution in [0.25, 0.3) is 0 Å². The lowest BCUT2D eigenvalue weighted by Gasteiger charge is -2.37. The first kappa shape index (κ1) is 18.0. The minimum absolute atomic E-state index is 0.0704. The average molecular weight is 337 g/mol. The molecule has 0 fully saturated rings. The van der Waals surface area contributed by atoms with Crippen molar-refractivity contribution < 1.29 is 18.7 Å². The number of hydrogen-bond acceptors (Lipinski definition) is 3. The summed E-state index contributed by atoms with van der Waals surface area (Å²) in [6.07, 6.45) is 0.544. The SMILES string of the molecule is CCN(C)C(=O)CNC(=O)N[C@@H]1CC(C)(C)Oc2cc(F)ccc21. The number of fused-ring (bicyclic) bond motifs is 1. The lowest BCUT2D eigenvalue weighted by atomic mass is 9.90. The van der Waals surface area contributed by atoms with E-state index < -0.39 is 11.6 Å². The van der Waals surface area contributed by atoms with Crippen LogP contribution in [0.3, 0.4) is 0 Å². The molecule has 0 saturated carbocycles. The maximum Gasteiger partial charge on any atom is 0.315 e. The Morgan fingerprint density at radius 3 is 2.79 bits per heavy atom. The van der Waals surface area contributed by atoms with Crippen LogP contribution in [-0.2, 0) is 4.79 Å². The number of amides is 3. The van der Waals surface area contributed by atoms with Crippen LogP contribution in [0.15, 0.2) is 18.2 Å². The number of urea groups is 1. The molecule has 1 atom stereocenters. The summed E-state index contributed by atoms with van der Waals surface area (Å²) in [5, 5.41) is 5.40.